The summed E-state index contributed by atoms with van der Waals surface area (Å²) in [7, 11) is 3.89. The van der Waals surface area contributed by atoms with Gasteiger partial charge in [-0.15, -0.1) is 0 Å². The molecule has 0 aromatic heterocycles. The lowest BCUT2D eigenvalue weighted by molar-refractivity contribution is -0.136. The Morgan fingerprint density at radius 3 is 1.34 bits per heavy atom. The van der Waals surface area contributed by atoms with Gasteiger partial charge in [0, 0.05) is 22.0 Å². The maximum Gasteiger partial charge on any atom is 0.339 e. The molecule has 0 heterocycles. The maximum atomic E-state index is 11.9. The van der Waals surface area contributed by atoms with Crippen molar-refractivity contribution in [2.45, 2.75) is 24.7 Å². The Morgan fingerprint density at radius 2 is 1.00 bits per heavy atom. The lowest BCUT2D eigenvalue weighted by Gasteiger charge is -2.13. The first-order chi connectivity index (χ1) is 15.4. The van der Waals surface area contributed by atoms with Crippen LogP contribution in [0, 0.1) is 0 Å². The summed E-state index contributed by atoms with van der Waals surface area (Å²) in [5.74, 6) is -2.70. The predicted octanol–water partition coefficient (Wildman–Crippen LogP) is 4.22. The highest BCUT2D eigenvalue weighted by Crippen LogP contribution is 2.26. The number of ether oxygens (including phenoxy) is 2. The number of hydrogen-bond donors (Lipinski definition) is 2. The molecule has 2 aromatic rings. The summed E-state index contributed by atoms with van der Waals surface area (Å²) in [5, 5.41) is 0. The number of amides is 2. The number of carbonyl (C=O) groups is 4. The standard InChI is InChI=1S/C20H20N2O6S4/c1-13(27-19(25)15-9-5-3-6-10-15)29-31-21-17(23)18(24)22-32-30-14(2)28-20(26)16-11-7-4-8-12-16/h3-14H,1-2H3,(H,21,23)(H,22,24). The minimum Gasteiger partial charge on any atom is -0.447 e. The fourth-order valence-electron chi connectivity index (χ4n) is 1.98. The number of nitrogens with one attached hydrogen (secondary N) is 2. The highest BCUT2D eigenvalue weighted by atomic mass is 33.1. The highest BCUT2D eigenvalue weighted by molar-refractivity contribution is 8.76. The SMILES string of the molecule is CC(OC(=O)c1ccccc1)SSNC(=O)C(=O)NSSC(C)OC(=O)c1ccccc1. The molecule has 0 aliphatic heterocycles. The number of esters is 2. The summed E-state index contributed by atoms with van der Waals surface area (Å²) in [5.41, 5.74) is -0.263. The molecule has 2 unspecified atom stereocenters. The Bertz CT molecular complexity index is 841. The molecular weight excluding hydrogens is 492 g/mol. The fraction of sp³-hybridized carbons (Fsp3) is 0.200. The van der Waals surface area contributed by atoms with Crippen molar-refractivity contribution >= 4 is 67.3 Å². The molecule has 2 aromatic carbocycles. The van der Waals surface area contributed by atoms with Gasteiger partial charge in [0.15, 0.2) is 10.9 Å². The monoisotopic (exact) mass is 512 g/mol. The van der Waals surface area contributed by atoms with E-state index in [1.54, 1.807) is 74.5 Å². The summed E-state index contributed by atoms with van der Waals surface area (Å²) in [6.45, 7) is 3.30. The van der Waals surface area contributed by atoms with Gasteiger partial charge in [0.1, 0.15) is 0 Å². The van der Waals surface area contributed by atoms with Gasteiger partial charge in [0.2, 0.25) is 0 Å². The Morgan fingerprint density at radius 1 is 0.656 bits per heavy atom. The molecule has 0 saturated heterocycles. The van der Waals surface area contributed by atoms with Crippen LogP contribution in [0.1, 0.15) is 34.6 Å². The maximum absolute atomic E-state index is 11.9. The number of benzene rings is 2. The van der Waals surface area contributed by atoms with E-state index in [0.717, 1.165) is 43.5 Å². The molecule has 0 aliphatic carbocycles. The molecule has 8 nitrogen and oxygen atoms in total. The zero-order chi connectivity index (χ0) is 23.3. The largest absolute Gasteiger partial charge is 0.447 e. The third kappa shape index (κ3) is 9.47. The highest BCUT2D eigenvalue weighted by Gasteiger charge is 2.18. The van der Waals surface area contributed by atoms with E-state index in [9.17, 15) is 19.2 Å². The van der Waals surface area contributed by atoms with Crippen LogP contribution in [-0.2, 0) is 19.1 Å². The van der Waals surface area contributed by atoms with Crippen LogP contribution in [0.4, 0.5) is 0 Å². The molecule has 32 heavy (non-hydrogen) atoms. The van der Waals surface area contributed by atoms with Crippen molar-refractivity contribution in [1.29, 1.82) is 0 Å². The molecule has 0 fully saturated rings. The third-order valence-electron chi connectivity index (χ3n) is 3.41. The van der Waals surface area contributed by atoms with Gasteiger partial charge in [-0.05, 0) is 59.7 Å². The minimum atomic E-state index is -0.869. The van der Waals surface area contributed by atoms with E-state index in [4.69, 9.17) is 9.47 Å². The molecule has 0 saturated carbocycles. The summed E-state index contributed by atoms with van der Waals surface area (Å²) >= 11 is 0. The van der Waals surface area contributed by atoms with E-state index >= 15 is 0 Å². The van der Waals surface area contributed by atoms with Crippen molar-refractivity contribution in [3.05, 3.63) is 71.8 Å². The van der Waals surface area contributed by atoms with Crippen LogP contribution >= 0.6 is 43.5 Å². The second kappa shape index (κ2) is 14.0. The lowest BCUT2D eigenvalue weighted by atomic mass is 10.2. The molecule has 170 valence electrons. The summed E-state index contributed by atoms with van der Waals surface area (Å²) < 4.78 is 15.2. The fourth-order valence-corrected chi connectivity index (χ4v) is 4.73. The van der Waals surface area contributed by atoms with E-state index in [0.29, 0.717) is 11.1 Å². The average Bonchev–Trinajstić information content (AvgIpc) is 2.79. The summed E-state index contributed by atoms with van der Waals surface area (Å²) in [4.78, 5) is 47.6. The lowest BCUT2D eigenvalue weighted by Crippen LogP contribution is -2.33. The first-order valence-corrected chi connectivity index (χ1v) is 13.6. The second-order valence-corrected chi connectivity index (χ2v) is 10.5. The van der Waals surface area contributed by atoms with Gasteiger partial charge < -0.3 is 9.47 Å². The van der Waals surface area contributed by atoms with Crippen molar-refractivity contribution in [1.82, 2.24) is 9.44 Å². The van der Waals surface area contributed by atoms with Gasteiger partial charge in [-0.1, -0.05) is 36.4 Å². The van der Waals surface area contributed by atoms with Crippen LogP contribution in [0.2, 0.25) is 0 Å². The van der Waals surface area contributed by atoms with Crippen LogP contribution in [0.25, 0.3) is 0 Å². The van der Waals surface area contributed by atoms with Crippen LogP contribution in [0.15, 0.2) is 60.7 Å². The topological polar surface area (TPSA) is 111 Å². The van der Waals surface area contributed by atoms with Gasteiger partial charge >= 0.3 is 23.8 Å². The summed E-state index contributed by atoms with van der Waals surface area (Å²) in [6.07, 6.45) is 0. The number of hydrogen-bond acceptors (Lipinski definition) is 10. The molecule has 2 amide bonds. The number of carbonyl (C=O) groups excluding carboxylic acids is 4. The molecule has 0 spiro atoms. The quantitative estimate of drug-likeness (QED) is 0.158. The smallest absolute Gasteiger partial charge is 0.339 e. The first kappa shape index (κ1) is 26.0. The zero-order valence-electron chi connectivity index (χ0n) is 17.0. The van der Waals surface area contributed by atoms with Crippen molar-refractivity contribution in [3.63, 3.8) is 0 Å². The van der Waals surface area contributed by atoms with E-state index in [1.165, 1.54) is 0 Å². The van der Waals surface area contributed by atoms with Gasteiger partial charge in [-0.25, -0.2) is 9.59 Å². The number of rotatable bonds is 10. The Hall–Kier alpha value is -2.28. The van der Waals surface area contributed by atoms with Gasteiger partial charge in [-0.2, -0.15) is 0 Å². The third-order valence-corrected chi connectivity index (χ3v) is 7.58. The molecule has 0 radical (unpaired) electrons. The normalized spacial score (nSPS) is 12.2. The second-order valence-electron chi connectivity index (χ2n) is 5.90. The van der Waals surface area contributed by atoms with Crippen molar-refractivity contribution in [2.75, 3.05) is 0 Å². The van der Waals surface area contributed by atoms with Crippen LogP contribution in [0.3, 0.4) is 0 Å². The van der Waals surface area contributed by atoms with Crippen LogP contribution < -0.4 is 9.44 Å². The predicted molar refractivity (Wildman–Crippen MR) is 129 cm³/mol. The van der Waals surface area contributed by atoms with Crippen molar-refractivity contribution in [3.8, 4) is 0 Å². The molecule has 2 atom stereocenters. The van der Waals surface area contributed by atoms with Gasteiger partial charge in [0.05, 0.1) is 11.1 Å². The molecule has 2 N–H and O–H groups in total. The van der Waals surface area contributed by atoms with Crippen molar-refractivity contribution in [2.24, 2.45) is 0 Å². The molecule has 2 rings (SSSR count). The molecule has 12 heteroatoms. The minimum absolute atomic E-state index is 0.423. The molecular formula is C20H20N2O6S4. The van der Waals surface area contributed by atoms with Gasteiger partial charge in [-0.3, -0.25) is 19.0 Å². The van der Waals surface area contributed by atoms with Crippen molar-refractivity contribution < 1.29 is 28.7 Å². The Labute approximate surface area is 201 Å². The van der Waals surface area contributed by atoms with Gasteiger partial charge in [0.25, 0.3) is 0 Å². The Kier molecular flexibility index (Phi) is 11.4. The average molecular weight is 513 g/mol. The van der Waals surface area contributed by atoms with Crippen LogP contribution in [-0.4, -0.2) is 34.6 Å². The van der Waals surface area contributed by atoms with Crippen LogP contribution in [0.5, 0.6) is 0 Å². The Balaban J connectivity index is 1.59. The zero-order valence-corrected chi connectivity index (χ0v) is 20.3. The molecule has 0 bridgehead atoms. The van der Waals surface area contributed by atoms with E-state index in [1.807, 2.05) is 0 Å². The van der Waals surface area contributed by atoms with E-state index in [2.05, 4.69) is 9.44 Å². The van der Waals surface area contributed by atoms with E-state index < -0.39 is 34.6 Å². The molecule has 0 aliphatic rings. The first-order valence-electron chi connectivity index (χ1n) is 9.14. The summed E-state index contributed by atoms with van der Waals surface area (Å²) in [6, 6.07) is 17.0. The van der Waals surface area contributed by atoms with E-state index in [-0.39, 0.29) is 0 Å².